The molecular weight excluding hydrogens is 268 g/mol. The summed E-state index contributed by atoms with van der Waals surface area (Å²) in [5, 5.41) is 0. The van der Waals surface area contributed by atoms with E-state index >= 15 is 0 Å². The number of hydrazine groups is 1. The quantitative estimate of drug-likeness (QED) is 0.650. The molecule has 6 nitrogen and oxygen atoms in total. The Morgan fingerprint density at radius 1 is 1.24 bits per heavy atom. The van der Waals surface area contributed by atoms with E-state index < -0.39 is 0 Å². The van der Waals surface area contributed by atoms with Crippen molar-refractivity contribution >= 4 is 5.82 Å². The minimum Gasteiger partial charge on any atom is -0.489 e. The number of rotatable bonds is 5. The molecule has 0 saturated heterocycles. The van der Waals surface area contributed by atoms with Crippen LogP contribution in [0.25, 0.3) is 0 Å². The third-order valence-electron chi connectivity index (χ3n) is 3.19. The van der Waals surface area contributed by atoms with Crippen LogP contribution in [0.3, 0.4) is 0 Å². The number of nitrogens with one attached hydrogen (secondary N) is 1. The van der Waals surface area contributed by atoms with Crippen molar-refractivity contribution in [2.45, 2.75) is 26.7 Å². The van der Waals surface area contributed by atoms with Crippen molar-refractivity contribution in [3.8, 4) is 17.4 Å². The molecule has 0 spiro atoms. The zero-order valence-electron chi connectivity index (χ0n) is 12.7. The Morgan fingerprint density at radius 3 is 2.57 bits per heavy atom. The number of nitrogens with zero attached hydrogens (tertiary/aromatic N) is 2. The van der Waals surface area contributed by atoms with Gasteiger partial charge in [-0.25, -0.2) is 10.8 Å². The maximum Gasteiger partial charge on any atom is 0.268 e. The molecule has 0 aliphatic rings. The molecule has 0 bridgehead atoms. The number of aromatic nitrogens is 2. The van der Waals surface area contributed by atoms with E-state index in [1.807, 2.05) is 12.1 Å². The molecule has 1 aromatic carbocycles. The molecule has 0 aliphatic carbocycles. The van der Waals surface area contributed by atoms with Gasteiger partial charge in [-0.2, -0.15) is 4.98 Å². The van der Waals surface area contributed by atoms with E-state index in [2.05, 4.69) is 42.2 Å². The lowest BCUT2D eigenvalue weighted by atomic mass is 9.98. The molecule has 6 heteroatoms. The van der Waals surface area contributed by atoms with Crippen molar-refractivity contribution in [1.29, 1.82) is 0 Å². The van der Waals surface area contributed by atoms with Gasteiger partial charge in [-0.3, -0.25) is 0 Å². The molecule has 112 valence electrons. The summed E-state index contributed by atoms with van der Waals surface area (Å²) in [4.78, 5) is 8.06. The highest BCUT2D eigenvalue weighted by Gasteiger charge is 2.14. The highest BCUT2D eigenvalue weighted by molar-refractivity contribution is 5.55. The molecule has 0 fully saturated rings. The first-order valence-corrected chi connectivity index (χ1v) is 6.70. The lowest BCUT2D eigenvalue weighted by molar-refractivity contribution is 0.369. The SMILES string of the molecule is COc1c(NN)ncnc1Oc1ccc(C(C)C)c(C)c1. The van der Waals surface area contributed by atoms with Gasteiger partial charge >= 0.3 is 0 Å². The molecule has 0 saturated carbocycles. The molecule has 1 heterocycles. The number of nitrogens with two attached hydrogens (primary N) is 1. The van der Waals surface area contributed by atoms with E-state index in [4.69, 9.17) is 15.3 Å². The molecule has 1 aromatic heterocycles. The third kappa shape index (κ3) is 3.22. The van der Waals surface area contributed by atoms with Crippen molar-refractivity contribution in [1.82, 2.24) is 9.97 Å². The monoisotopic (exact) mass is 288 g/mol. The first-order chi connectivity index (χ1) is 10.1. The summed E-state index contributed by atoms with van der Waals surface area (Å²) >= 11 is 0. The Bertz CT molecular complexity index is 629. The van der Waals surface area contributed by atoms with Gasteiger partial charge in [-0.1, -0.05) is 19.9 Å². The normalized spacial score (nSPS) is 10.6. The largest absolute Gasteiger partial charge is 0.489 e. The molecule has 0 aliphatic heterocycles. The van der Waals surface area contributed by atoms with Crippen molar-refractivity contribution in [3.63, 3.8) is 0 Å². The minimum atomic E-state index is 0.317. The van der Waals surface area contributed by atoms with Crippen molar-refractivity contribution in [3.05, 3.63) is 35.7 Å². The van der Waals surface area contributed by atoms with Gasteiger partial charge in [-0.05, 0) is 36.1 Å². The van der Waals surface area contributed by atoms with Gasteiger partial charge in [0.15, 0.2) is 5.82 Å². The lowest BCUT2D eigenvalue weighted by Gasteiger charge is -2.14. The second-order valence-corrected chi connectivity index (χ2v) is 4.98. The summed E-state index contributed by atoms with van der Waals surface area (Å²) in [5.74, 6) is 7.61. The highest BCUT2D eigenvalue weighted by atomic mass is 16.5. The van der Waals surface area contributed by atoms with Crippen molar-refractivity contribution in [2.24, 2.45) is 5.84 Å². The van der Waals surface area contributed by atoms with Gasteiger partial charge in [0.2, 0.25) is 5.75 Å². The second kappa shape index (κ2) is 6.41. The smallest absolute Gasteiger partial charge is 0.268 e. The summed E-state index contributed by atoms with van der Waals surface area (Å²) in [7, 11) is 1.51. The first-order valence-electron chi connectivity index (χ1n) is 6.70. The molecule has 0 unspecified atom stereocenters. The van der Waals surface area contributed by atoms with Crippen LogP contribution in [-0.2, 0) is 0 Å². The molecule has 0 atom stereocenters. The van der Waals surface area contributed by atoms with Gasteiger partial charge in [0.05, 0.1) is 7.11 Å². The van der Waals surface area contributed by atoms with Crippen LogP contribution in [0.4, 0.5) is 5.82 Å². The first kappa shape index (κ1) is 15.1. The number of ether oxygens (including phenoxy) is 2. The zero-order chi connectivity index (χ0) is 15.4. The van der Waals surface area contributed by atoms with E-state index in [1.54, 1.807) is 0 Å². The molecule has 21 heavy (non-hydrogen) atoms. The number of nitrogen functional groups attached to an aromatic ring is 1. The van der Waals surface area contributed by atoms with E-state index in [0.717, 1.165) is 0 Å². The molecule has 0 amide bonds. The number of methoxy groups -OCH3 is 1. The molecule has 2 aromatic rings. The predicted molar refractivity (Wildman–Crippen MR) is 81.7 cm³/mol. The van der Waals surface area contributed by atoms with Crippen LogP contribution < -0.4 is 20.7 Å². The van der Waals surface area contributed by atoms with Crippen LogP contribution in [0.1, 0.15) is 30.9 Å². The fourth-order valence-electron chi connectivity index (χ4n) is 2.19. The van der Waals surface area contributed by atoms with Gasteiger partial charge in [0.25, 0.3) is 5.88 Å². The van der Waals surface area contributed by atoms with Crippen LogP contribution in [0.2, 0.25) is 0 Å². The van der Waals surface area contributed by atoms with Crippen molar-refractivity contribution in [2.75, 3.05) is 12.5 Å². The molecular formula is C15H20N4O2. The second-order valence-electron chi connectivity index (χ2n) is 4.98. The summed E-state index contributed by atoms with van der Waals surface area (Å²) < 4.78 is 11.0. The Labute approximate surface area is 124 Å². The summed E-state index contributed by atoms with van der Waals surface area (Å²) in [6.45, 7) is 6.39. The average Bonchev–Trinajstić information content (AvgIpc) is 2.46. The summed E-state index contributed by atoms with van der Waals surface area (Å²) in [5.41, 5.74) is 4.92. The Morgan fingerprint density at radius 2 is 2.00 bits per heavy atom. The Kier molecular flexibility index (Phi) is 4.59. The van der Waals surface area contributed by atoms with E-state index in [9.17, 15) is 0 Å². The third-order valence-corrected chi connectivity index (χ3v) is 3.19. The molecule has 3 N–H and O–H groups in total. The van der Waals surface area contributed by atoms with Crippen LogP contribution >= 0.6 is 0 Å². The van der Waals surface area contributed by atoms with E-state index in [1.165, 1.54) is 24.6 Å². The minimum absolute atomic E-state index is 0.317. The maximum atomic E-state index is 5.79. The lowest BCUT2D eigenvalue weighted by Crippen LogP contribution is -2.11. The topological polar surface area (TPSA) is 82.3 Å². The van der Waals surface area contributed by atoms with Gasteiger partial charge in [0.1, 0.15) is 12.1 Å². The van der Waals surface area contributed by atoms with Crippen LogP contribution in [0.15, 0.2) is 24.5 Å². The summed E-state index contributed by atoms with van der Waals surface area (Å²) in [6, 6.07) is 5.96. The van der Waals surface area contributed by atoms with Gasteiger partial charge < -0.3 is 14.9 Å². The number of hydrogen-bond acceptors (Lipinski definition) is 6. The van der Waals surface area contributed by atoms with E-state index in [0.29, 0.717) is 29.1 Å². The van der Waals surface area contributed by atoms with Crippen molar-refractivity contribution < 1.29 is 9.47 Å². The number of anilines is 1. The standard InChI is InChI=1S/C15H20N4O2/c1-9(2)12-6-5-11(7-10(12)3)21-15-13(20-4)14(19-16)17-8-18-15/h5-9H,16H2,1-4H3,(H,17,18,19). The Hall–Kier alpha value is -2.34. The van der Waals surface area contributed by atoms with Gasteiger partial charge in [0, 0.05) is 0 Å². The maximum absolute atomic E-state index is 5.79. The summed E-state index contributed by atoms with van der Waals surface area (Å²) in [6.07, 6.45) is 1.36. The predicted octanol–water partition coefficient (Wildman–Crippen LogP) is 2.99. The molecule has 0 radical (unpaired) electrons. The zero-order valence-corrected chi connectivity index (χ0v) is 12.7. The fraction of sp³-hybridized carbons (Fsp3) is 0.333. The number of aryl methyl sites for hydroxylation is 1. The molecule has 2 rings (SSSR count). The highest BCUT2D eigenvalue weighted by Crippen LogP contribution is 2.34. The van der Waals surface area contributed by atoms with E-state index in [-0.39, 0.29) is 0 Å². The van der Waals surface area contributed by atoms with Crippen LogP contribution in [-0.4, -0.2) is 17.1 Å². The number of benzene rings is 1. The fourth-order valence-corrected chi connectivity index (χ4v) is 2.19. The van der Waals surface area contributed by atoms with Crippen LogP contribution in [0.5, 0.6) is 17.4 Å². The average molecular weight is 288 g/mol. The Balaban J connectivity index is 2.32. The van der Waals surface area contributed by atoms with Gasteiger partial charge in [-0.15, -0.1) is 0 Å². The van der Waals surface area contributed by atoms with Crippen LogP contribution in [0, 0.1) is 6.92 Å². The number of hydrogen-bond donors (Lipinski definition) is 2.